The first kappa shape index (κ1) is 35.2. The van der Waals surface area contributed by atoms with Crippen LogP contribution in [0.4, 0.5) is 0 Å². The summed E-state index contributed by atoms with van der Waals surface area (Å²) in [5.74, 6) is -0.0586. The molecule has 13 heteroatoms. The predicted molar refractivity (Wildman–Crippen MR) is 164 cm³/mol. The van der Waals surface area contributed by atoms with Crippen molar-refractivity contribution < 1.29 is 33.4 Å². The standard InChI is InChI=1S/C30H41N5O7.ClH/c1-19(2)28-30(39)33-17-21-22(40-3)8-7-9-23(21)42-25-16-20(10-11-24(25)41-4)29(38)32-14-5-6-15-35(18-26(36)34-28)27(37)12-13-31;/h7-11,16,19,28H,5-6,12-15,17-18,31H2,1-4H3,(H,32,38)(H,33,39)(H,34,36);1H/t28-;/m1./s1. The smallest absolute Gasteiger partial charge is 0.251 e. The van der Waals surface area contributed by atoms with Gasteiger partial charge in [0.1, 0.15) is 17.5 Å². The summed E-state index contributed by atoms with van der Waals surface area (Å²) in [6.07, 6.45) is 1.22. The molecular weight excluding hydrogens is 578 g/mol. The first-order chi connectivity index (χ1) is 20.2. The molecule has 1 heterocycles. The monoisotopic (exact) mass is 619 g/mol. The Morgan fingerprint density at radius 3 is 2.47 bits per heavy atom. The van der Waals surface area contributed by atoms with Crippen molar-refractivity contribution in [2.24, 2.45) is 11.7 Å². The van der Waals surface area contributed by atoms with Crippen LogP contribution >= 0.6 is 12.4 Å². The summed E-state index contributed by atoms with van der Waals surface area (Å²) in [6, 6.07) is 9.23. The van der Waals surface area contributed by atoms with Gasteiger partial charge in [-0.15, -0.1) is 12.4 Å². The second kappa shape index (κ2) is 17.2. The van der Waals surface area contributed by atoms with E-state index < -0.39 is 17.9 Å². The summed E-state index contributed by atoms with van der Waals surface area (Å²) < 4.78 is 17.2. The lowest BCUT2D eigenvalue weighted by Gasteiger charge is -2.26. The van der Waals surface area contributed by atoms with E-state index >= 15 is 0 Å². The van der Waals surface area contributed by atoms with Crippen molar-refractivity contribution in [3.8, 4) is 23.0 Å². The van der Waals surface area contributed by atoms with Crippen LogP contribution in [0.3, 0.4) is 0 Å². The number of amides is 4. The van der Waals surface area contributed by atoms with Crippen molar-refractivity contribution in [2.75, 3.05) is 40.4 Å². The molecule has 1 atom stereocenters. The van der Waals surface area contributed by atoms with Crippen LogP contribution in [0.25, 0.3) is 0 Å². The maximum Gasteiger partial charge on any atom is 0.251 e. The fourth-order valence-electron chi connectivity index (χ4n) is 4.54. The molecule has 0 saturated heterocycles. The van der Waals surface area contributed by atoms with Crippen LogP contribution in [0.15, 0.2) is 36.4 Å². The molecule has 1 aliphatic rings. The number of benzene rings is 2. The lowest BCUT2D eigenvalue weighted by Crippen LogP contribution is -2.52. The zero-order chi connectivity index (χ0) is 30.6. The molecule has 0 aromatic heterocycles. The molecule has 0 fully saturated rings. The van der Waals surface area contributed by atoms with E-state index in [4.69, 9.17) is 19.9 Å². The second-order valence-corrected chi connectivity index (χ2v) is 10.2. The molecule has 12 nitrogen and oxygen atoms in total. The Balaban J connectivity index is 0.00000645. The molecule has 4 amide bonds. The number of carbonyl (C=O) groups is 4. The van der Waals surface area contributed by atoms with Gasteiger partial charge in [0, 0.05) is 31.6 Å². The number of fused-ring (bicyclic) bond motifs is 3. The molecule has 1 aliphatic heterocycles. The zero-order valence-electron chi connectivity index (χ0n) is 25.1. The van der Waals surface area contributed by atoms with Crippen LogP contribution in [-0.2, 0) is 20.9 Å². The van der Waals surface area contributed by atoms with Crippen LogP contribution in [0.1, 0.15) is 49.0 Å². The van der Waals surface area contributed by atoms with Gasteiger partial charge in [0.25, 0.3) is 5.91 Å². The van der Waals surface area contributed by atoms with Crippen molar-refractivity contribution in [1.82, 2.24) is 20.9 Å². The molecule has 2 aromatic rings. The Bertz CT molecular complexity index is 1270. The minimum atomic E-state index is -0.847. The van der Waals surface area contributed by atoms with Gasteiger partial charge in [-0.1, -0.05) is 19.9 Å². The number of hydrogen-bond acceptors (Lipinski definition) is 8. The number of nitrogens with two attached hydrogens (primary N) is 1. The molecule has 5 N–H and O–H groups in total. The highest BCUT2D eigenvalue weighted by atomic mass is 35.5. The average molecular weight is 620 g/mol. The molecule has 0 aliphatic carbocycles. The second-order valence-electron chi connectivity index (χ2n) is 10.2. The number of nitrogens with one attached hydrogen (secondary N) is 3. The summed E-state index contributed by atoms with van der Waals surface area (Å²) >= 11 is 0. The highest BCUT2D eigenvalue weighted by Crippen LogP contribution is 2.37. The number of methoxy groups -OCH3 is 2. The van der Waals surface area contributed by atoms with Gasteiger partial charge in [-0.3, -0.25) is 19.2 Å². The third kappa shape index (κ3) is 9.75. The van der Waals surface area contributed by atoms with Gasteiger partial charge in [-0.05, 0) is 49.1 Å². The molecule has 2 bridgehead atoms. The quantitative estimate of drug-likeness (QED) is 0.397. The highest BCUT2D eigenvalue weighted by molar-refractivity contribution is 5.95. The summed E-state index contributed by atoms with van der Waals surface area (Å²) in [5.41, 5.74) is 6.50. The van der Waals surface area contributed by atoms with Gasteiger partial charge < -0.3 is 40.8 Å². The summed E-state index contributed by atoms with van der Waals surface area (Å²) in [6.45, 7) is 4.29. The highest BCUT2D eigenvalue weighted by Gasteiger charge is 2.27. The average Bonchev–Trinajstić information content (AvgIpc) is 2.97. The number of carbonyl (C=O) groups excluding carboxylic acids is 4. The Kier molecular flexibility index (Phi) is 14.0. The van der Waals surface area contributed by atoms with E-state index in [0.29, 0.717) is 60.1 Å². The van der Waals surface area contributed by atoms with E-state index in [1.807, 2.05) is 13.8 Å². The van der Waals surface area contributed by atoms with Crippen molar-refractivity contribution >= 4 is 36.0 Å². The molecule has 236 valence electrons. The van der Waals surface area contributed by atoms with E-state index in [9.17, 15) is 19.2 Å². The van der Waals surface area contributed by atoms with Gasteiger partial charge in [0.05, 0.1) is 32.9 Å². The van der Waals surface area contributed by atoms with Crippen LogP contribution in [0, 0.1) is 5.92 Å². The molecule has 0 radical (unpaired) electrons. The van der Waals surface area contributed by atoms with Crippen LogP contribution in [0.2, 0.25) is 0 Å². The van der Waals surface area contributed by atoms with E-state index in [1.165, 1.54) is 19.1 Å². The molecule has 2 aromatic carbocycles. The summed E-state index contributed by atoms with van der Waals surface area (Å²) in [7, 11) is 3.01. The van der Waals surface area contributed by atoms with E-state index in [2.05, 4.69) is 16.0 Å². The van der Waals surface area contributed by atoms with E-state index in [-0.39, 0.29) is 56.2 Å². The molecule has 0 saturated carbocycles. The van der Waals surface area contributed by atoms with Gasteiger partial charge in [0.2, 0.25) is 17.7 Å². The minimum Gasteiger partial charge on any atom is -0.496 e. The van der Waals surface area contributed by atoms with Gasteiger partial charge in [-0.25, -0.2) is 0 Å². The van der Waals surface area contributed by atoms with E-state index in [1.54, 1.807) is 36.4 Å². The third-order valence-electron chi connectivity index (χ3n) is 6.85. The van der Waals surface area contributed by atoms with Crippen molar-refractivity contribution in [3.05, 3.63) is 47.5 Å². The Labute approximate surface area is 258 Å². The number of halogens is 1. The molecule has 0 spiro atoms. The maximum absolute atomic E-state index is 13.3. The molecular formula is C30H42ClN5O7. The molecule has 0 unspecified atom stereocenters. The maximum atomic E-state index is 13.3. The normalized spacial score (nSPS) is 16.8. The molecule has 43 heavy (non-hydrogen) atoms. The first-order valence-corrected chi connectivity index (χ1v) is 14.0. The number of rotatable bonds is 5. The topological polar surface area (TPSA) is 161 Å². The Morgan fingerprint density at radius 2 is 1.79 bits per heavy atom. The van der Waals surface area contributed by atoms with Crippen molar-refractivity contribution in [3.63, 3.8) is 0 Å². The number of hydrogen-bond donors (Lipinski definition) is 4. The minimum absolute atomic E-state index is 0. The number of nitrogens with zero attached hydrogens (tertiary/aromatic N) is 1. The Morgan fingerprint density at radius 1 is 1.05 bits per heavy atom. The van der Waals surface area contributed by atoms with Crippen LogP contribution in [-0.4, -0.2) is 75.0 Å². The van der Waals surface area contributed by atoms with Gasteiger partial charge in [0.15, 0.2) is 11.5 Å². The summed E-state index contributed by atoms with van der Waals surface area (Å²) in [4.78, 5) is 53.4. The fourth-order valence-corrected chi connectivity index (χ4v) is 4.54. The lowest BCUT2D eigenvalue weighted by atomic mass is 10.0. The SMILES string of the molecule is COc1ccc2cc1Oc1cccc(OC)c1CNC(=O)[C@@H](C(C)C)NC(=O)CN(C(=O)CCN)CCCCNC2=O.Cl. The van der Waals surface area contributed by atoms with Crippen molar-refractivity contribution in [2.45, 2.75) is 45.7 Å². The number of ether oxygens (including phenoxy) is 3. The fraction of sp³-hybridized carbons (Fsp3) is 0.467. The Hall–Kier alpha value is -4.03. The first-order valence-electron chi connectivity index (χ1n) is 14.0. The zero-order valence-corrected chi connectivity index (χ0v) is 25.9. The predicted octanol–water partition coefficient (Wildman–Crippen LogP) is 2.38. The largest absolute Gasteiger partial charge is 0.496 e. The van der Waals surface area contributed by atoms with Gasteiger partial charge >= 0.3 is 0 Å². The summed E-state index contributed by atoms with van der Waals surface area (Å²) in [5, 5.41) is 8.54. The van der Waals surface area contributed by atoms with Crippen molar-refractivity contribution in [1.29, 1.82) is 0 Å². The molecule has 3 rings (SSSR count). The third-order valence-corrected chi connectivity index (χ3v) is 6.85. The lowest BCUT2D eigenvalue weighted by molar-refractivity contribution is -0.137. The van der Waals surface area contributed by atoms with Crippen LogP contribution < -0.4 is 35.9 Å². The van der Waals surface area contributed by atoms with E-state index in [0.717, 1.165) is 0 Å². The van der Waals surface area contributed by atoms with Gasteiger partial charge in [-0.2, -0.15) is 0 Å². The van der Waals surface area contributed by atoms with Crippen LogP contribution in [0.5, 0.6) is 23.0 Å².